The number of alkyl halides is 3. The molecule has 2 aromatic heterocycles. The van der Waals surface area contributed by atoms with E-state index in [4.69, 9.17) is 11.6 Å². The number of nitrogens with zero attached hydrogens (tertiary/aromatic N) is 3. The van der Waals surface area contributed by atoms with Crippen molar-refractivity contribution in [3.63, 3.8) is 0 Å². The first-order valence-corrected chi connectivity index (χ1v) is 8.43. The normalized spacial score (nSPS) is 13.7. The number of thiazole rings is 1. The molecule has 0 fully saturated rings. The second-order valence-electron chi connectivity index (χ2n) is 4.52. The summed E-state index contributed by atoms with van der Waals surface area (Å²) < 4.78 is 64.5. The molecular weight excluding hydrogens is 351 g/mol. The molecular formula is C10H11ClF3N3O2S2. The standard InChI is InChI=1S/C10H11ClF3N3O2S2/c1-6(2)17(5-10(12,13)14)21(18,19)8-7(11)15-9-16(8)3-4-20-9/h3-4,6H,5H2,1-2H3. The molecule has 0 spiro atoms. The van der Waals surface area contributed by atoms with Gasteiger partial charge in [-0.2, -0.15) is 17.5 Å². The molecule has 0 aliphatic heterocycles. The van der Waals surface area contributed by atoms with Crippen LogP contribution in [0.2, 0.25) is 5.15 Å². The van der Waals surface area contributed by atoms with Gasteiger partial charge in [-0.05, 0) is 13.8 Å². The van der Waals surface area contributed by atoms with Crippen LogP contribution in [0, 0.1) is 0 Å². The van der Waals surface area contributed by atoms with Crippen LogP contribution in [0.25, 0.3) is 4.96 Å². The zero-order valence-corrected chi connectivity index (χ0v) is 13.3. The van der Waals surface area contributed by atoms with Gasteiger partial charge in [0.15, 0.2) is 15.1 Å². The Labute approximate surface area is 128 Å². The minimum absolute atomic E-state index is 0.300. The Kier molecular flexibility index (Phi) is 4.26. The Bertz CT molecular complexity index is 751. The van der Waals surface area contributed by atoms with Crippen molar-refractivity contribution in [2.75, 3.05) is 6.54 Å². The molecule has 0 bridgehead atoms. The molecule has 0 saturated carbocycles. The average molecular weight is 362 g/mol. The molecule has 0 amide bonds. The quantitative estimate of drug-likeness (QED) is 0.841. The van der Waals surface area contributed by atoms with Crippen LogP contribution in [-0.2, 0) is 10.0 Å². The van der Waals surface area contributed by atoms with Crippen LogP contribution in [0.1, 0.15) is 13.8 Å². The molecule has 118 valence electrons. The summed E-state index contributed by atoms with van der Waals surface area (Å²) in [4.78, 5) is 4.14. The Morgan fingerprint density at radius 1 is 1.48 bits per heavy atom. The number of hydrogen-bond donors (Lipinski definition) is 0. The molecule has 0 radical (unpaired) electrons. The third-order valence-corrected chi connectivity index (χ3v) is 5.82. The van der Waals surface area contributed by atoms with Gasteiger partial charge in [0, 0.05) is 17.6 Å². The highest BCUT2D eigenvalue weighted by Crippen LogP contribution is 2.30. The van der Waals surface area contributed by atoms with Crippen molar-refractivity contribution in [2.45, 2.75) is 31.1 Å². The highest BCUT2D eigenvalue weighted by atomic mass is 35.5. The van der Waals surface area contributed by atoms with E-state index in [-0.39, 0.29) is 5.15 Å². The monoisotopic (exact) mass is 361 g/mol. The third kappa shape index (κ3) is 3.17. The highest BCUT2D eigenvalue weighted by Gasteiger charge is 2.40. The molecule has 2 heterocycles. The largest absolute Gasteiger partial charge is 0.402 e. The molecule has 0 aliphatic rings. The Morgan fingerprint density at radius 2 is 2.10 bits per heavy atom. The van der Waals surface area contributed by atoms with E-state index in [9.17, 15) is 21.6 Å². The maximum atomic E-state index is 12.6. The summed E-state index contributed by atoms with van der Waals surface area (Å²) in [5, 5.41) is 0.786. The molecule has 2 rings (SSSR count). The first-order valence-electron chi connectivity index (χ1n) is 5.73. The maximum Gasteiger partial charge on any atom is 0.402 e. The minimum Gasteiger partial charge on any atom is -0.279 e. The lowest BCUT2D eigenvalue weighted by atomic mass is 10.4. The topological polar surface area (TPSA) is 54.7 Å². The molecule has 0 N–H and O–H groups in total. The van der Waals surface area contributed by atoms with E-state index in [1.807, 2.05) is 0 Å². The van der Waals surface area contributed by atoms with E-state index in [0.717, 1.165) is 11.3 Å². The average Bonchev–Trinajstić information content (AvgIpc) is 2.83. The minimum atomic E-state index is -4.65. The predicted molar refractivity (Wildman–Crippen MR) is 73.2 cm³/mol. The molecule has 0 atom stereocenters. The Hall–Kier alpha value is -0.840. The van der Waals surface area contributed by atoms with Gasteiger partial charge in [0.1, 0.15) is 6.54 Å². The van der Waals surface area contributed by atoms with Crippen molar-refractivity contribution in [3.8, 4) is 0 Å². The number of sulfonamides is 1. The first-order chi connectivity index (χ1) is 9.54. The lowest BCUT2D eigenvalue weighted by Gasteiger charge is -2.26. The number of halogens is 4. The first kappa shape index (κ1) is 16.5. The van der Waals surface area contributed by atoms with E-state index in [0.29, 0.717) is 9.27 Å². The number of rotatable bonds is 4. The maximum absolute atomic E-state index is 12.6. The van der Waals surface area contributed by atoms with Crippen molar-refractivity contribution >= 4 is 37.9 Å². The molecule has 2 aromatic rings. The lowest BCUT2D eigenvalue weighted by Crippen LogP contribution is -2.43. The van der Waals surface area contributed by atoms with Gasteiger partial charge in [-0.1, -0.05) is 11.6 Å². The number of imidazole rings is 1. The number of hydrogen-bond acceptors (Lipinski definition) is 4. The van der Waals surface area contributed by atoms with Crippen LogP contribution in [0.4, 0.5) is 13.2 Å². The van der Waals surface area contributed by atoms with Crippen molar-refractivity contribution in [3.05, 3.63) is 16.7 Å². The molecule has 0 aliphatic carbocycles. The van der Waals surface area contributed by atoms with Gasteiger partial charge in [-0.25, -0.2) is 13.4 Å². The Morgan fingerprint density at radius 3 is 2.62 bits per heavy atom. The van der Waals surface area contributed by atoms with Crippen molar-refractivity contribution in [1.82, 2.24) is 13.7 Å². The lowest BCUT2D eigenvalue weighted by molar-refractivity contribution is -0.138. The summed E-state index contributed by atoms with van der Waals surface area (Å²) in [7, 11) is -4.43. The zero-order valence-electron chi connectivity index (χ0n) is 10.9. The van der Waals surface area contributed by atoms with Crippen LogP contribution in [-0.4, -0.2) is 40.9 Å². The predicted octanol–water partition coefficient (Wildman–Crippen LogP) is 3.01. The zero-order chi connectivity index (χ0) is 16.0. The van der Waals surface area contributed by atoms with Gasteiger partial charge >= 0.3 is 6.18 Å². The Balaban J connectivity index is 2.58. The fourth-order valence-electron chi connectivity index (χ4n) is 1.80. The second-order valence-corrected chi connectivity index (χ2v) is 7.56. The van der Waals surface area contributed by atoms with E-state index in [2.05, 4.69) is 4.98 Å². The van der Waals surface area contributed by atoms with Crippen molar-refractivity contribution in [1.29, 1.82) is 0 Å². The van der Waals surface area contributed by atoms with Crippen LogP contribution >= 0.6 is 22.9 Å². The highest BCUT2D eigenvalue weighted by molar-refractivity contribution is 7.89. The van der Waals surface area contributed by atoms with Crippen molar-refractivity contribution < 1.29 is 21.6 Å². The van der Waals surface area contributed by atoms with Crippen molar-refractivity contribution in [2.24, 2.45) is 0 Å². The number of fused-ring (bicyclic) bond motifs is 1. The van der Waals surface area contributed by atoms with E-state index in [1.54, 1.807) is 5.38 Å². The smallest absolute Gasteiger partial charge is 0.279 e. The van der Waals surface area contributed by atoms with Crippen LogP contribution in [0.15, 0.2) is 16.6 Å². The van der Waals surface area contributed by atoms with E-state index in [1.165, 1.54) is 24.4 Å². The summed E-state index contributed by atoms with van der Waals surface area (Å²) in [5.41, 5.74) is 0. The molecule has 0 aromatic carbocycles. The van der Waals surface area contributed by atoms with E-state index < -0.39 is 33.8 Å². The molecule has 0 saturated heterocycles. The van der Waals surface area contributed by atoms with Crippen LogP contribution in [0.3, 0.4) is 0 Å². The van der Waals surface area contributed by atoms with Gasteiger partial charge < -0.3 is 0 Å². The summed E-state index contributed by atoms with van der Waals surface area (Å²) in [6.45, 7) is 1.15. The van der Waals surface area contributed by atoms with Gasteiger partial charge in [-0.15, -0.1) is 11.3 Å². The summed E-state index contributed by atoms with van der Waals surface area (Å²) in [5.74, 6) is 0. The summed E-state index contributed by atoms with van der Waals surface area (Å²) in [6.07, 6.45) is -3.25. The second kappa shape index (κ2) is 5.41. The number of aromatic nitrogens is 2. The fraction of sp³-hybridized carbons (Fsp3) is 0.500. The van der Waals surface area contributed by atoms with Crippen LogP contribution in [0.5, 0.6) is 0 Å². The fourth-order valence-corrected chi connectivity index (χ4v) is 4.84. The molecule has 0 unspecified atom stereocenters. The SMILES string of the molecule is CC(C)N(CC(F)(F)F)S(=O)(=O)c1c(Cl)nc2sccn12. The molecule has 11 heteroatoms. The summed E-state index contributed by atoms with van der Waals surface area (Å²) in [6, 6.07) is -0.878. The van der Waals surface area contributed by atoms with Gasteiger partial charge in [0.05, 0.1) is 0 Å². The third-order valence-electron chi connectivity index (χ3n) is 2.64. The van der Waals surface area contributed by atoms with Gasteiger partial charge in [0.2, 0.25) is 0 Å². The molecule has 5 nitrogen and oxygen atoms in total. The van der Waals surface area contributed by atoms with E-state index >= 15 is 0 Å². The van der Waals surface area contributed by atoms with Gasteiger partial charge in [-0.3, -0.25) is 4.40 Å². The molecule has 21 heavy (non-hydrogen) atoms. The van der Waals surface area contributed by atoms with Gasteiger partial charge in [0.25, 0.3) is 10.0 Å². The summed E-state index contributed by atoms with van der Waals surface area (Å²) >= 11 is 6.94. The van der Waals surface area contributed by atoms with Crippen LogP contribution < -0.4 is 0 Å².